The third-order valence-corrected chi connectivity index (χ3v) is 6.05. The number of rotatable bonds is 8. The lowest BCUT2D eigenvalue weighted by Crippen LogP contribution is -2.47. The van der Waals surface area contributed by atoms with Crippen molar-refractivity contribution in [2.75, 3.05) is 33.3 Å². The molecule has 4 aromatic rings. The molecule has 33 heavy (non-hydrogen) atoms. The van der Waals surface area contributed by atoms with E-state index < -0.39 is 0 Å². The average Bonchev–Trinajstić information content (AvgIpc) is 3.54. The van der Waals surface area contributed by atoms with E-state index in [2.05, 4.69) is 30.3 Å². The lowest BCUT2D eigenvalue weighted by molar-refractivity contribution is 0.0956. The van der Waals surface area contributed by atoms with Crippen LogP contribution in [0, 0.1) is 0 Å². The molecule has 1 fully saturated rings. The number of hydrogen-bond donors (Lipinski definition) is 0. The van der Waals surface area contributed by atoms with Gasteiger partial charge in [-0.3, -0.25) is 14.8 Å². The number of piperazine rings is 1. The Morgan fingerprint density at radius 3 is 2.45 bits per heavy atom. The smallest absolute Gasteiger partial charge is 0.173 e. The highest BCUT2D eigenvalue weighted by molar-refractivity contribution is 5.28. The Hall–Kier alpha value is -3.56. The third-order valence-electron chi connectivity index (χ3n) is 6.05. The number of methoxy groups -OCH3 is 1. The SMILES string of the molecule is COc1ccc(Cn2nnnc2C(c2ccncc2)N2CCN(Cc3ccco3)CC2)cc1. The van der Waals surface area contributed by atoms with Crippen molar-refractivity contribution in [2.45, 2.75) is 19.1 Å². The molecule has 0 bridgehead atoms. The summed E-state index contributed by atoms with van der Waals surface area (Å²) in [6.45, 7) is 5.12. The molecule has 1 aliphatic heterocycles. The Labute approximate surface area is 192 Å². The molecule has 4 heterocycles. The first-order valence-corrected chi connectivity index (χ1v) is 11.1. The van der Waals surface area contributed by atoms with Gasteiger partial charge in [-0.05, 0) is 58.0 Å². The Bertz CT molecular complexity index is 1120. The molecule has 0 saturated carbocycles. The van der Waals surface area contributed by atoms with Crippen LogP contribution in [-0.2, 0) is 13.1 Å². The van der Waals surface area contributed by atoms with Crippen molar-refractivity contribution in [1.29, 1.82) is 0 Å². The molecule has 170 valence electrons. The van der Waals surface area contributed by atoms with Crippen LogP contribution >= 0.6 is 0 Å². The van der Waals surface area contributed by atoms with E-state index in [0.717, 1.165) is 61.2 Å². The molecular weight excluding hydrogens is 418 g/mol. The van der Waals surface area contributed by atoms with Crippen molar-refractivity contribution in [3.63, 3.8) is 0 Å². The first kappa shape index (κ1) is 21.3. The monoisotopic (exact) mass is 445 g/mol. The van der Waals surface area contributed by atoms with Crippen molar-refractivity contribution in [1.82, 2.24) is 35.0 Å². The van der Waals surface area contributed by atoms with Crippen LogP contribution < -0.4 is 4.74 Å². The van der Waals surface area contributed by atoms with E-state index in [0.29, 0.717) is 6.54 Å². The summed E-state index contributed by atoms with van der Waals surface area (Å²) in [5.74, 6) is 2.66. The molecule has 1 atom stereocenters. The number of ether oxygens (including phenoxy) is 1. The van der Waals surface area contributed by atoms with Gasteiger partial charge in [-0.25, -0.2) is 4.68 Å². The van der Waals surface area contributed by atoms with Crippen molar-refractivity contribution >= 4 is 0 Å². The lowest BCUT2D eigenvalue weighted by atomic mass is 10.0. The van der Waals surface area contributed by atoms with Gasteiger partial charge in [-0.15, -0.1) is 5.10 Å². The van der Waals surface area contributed by atoms with Gasteiger partial charge in [0.15, 0.2) is 5.82 Å². The Kier molecular flexibility index (Phi) is 6.41. The third kappa shape index (κ3) is 4.94. The molecule has 1 aromatic carbocycles. The second kappa shape index (κ2) is 9.93. The Balaban J connectivity index is 1.36. The van der Waals surface area contributed by atoms with Gasteiger partial charge in [0.25, 0.3) is 0 Å². The topological polar surface area (TPSA) is 85.3 Å². The average molecular weight is 446 g/mol. The number of tetrazole rings is 1. The fourth-order valence-electron chi connectivity index (χ4n) is 4.30. The van der Waals surface area contributed by atoms with Gasteiger partial charge < -0.3 is 9.15 Å². The zero-order chi connectivity index (χ0) is 22.5. The second-order valence-electron chi connectivity index (χ2n) is 8.12. The summed E-state index contributed by atoms with van der Waals surface area (Å²) in [6, 6.07) is 16.0. The van der Waals surface area contributed by atoms with Gasteiger partial charge in [-0.1, -0.05) is 12.1 Å². The fourth-order valence-corrected chi connectivity index (χ4v) is 4.30. The molecule has 3 aromatic heterocycles. The summed E-state index contributed by atoms with van der Waals surface area (Å²) in [6.07, 6.45) is 5.38. The van der Waals surface area contributed by atoms with Crippen molar-refractivity contribution in [3.8, 4) is 5.75 Å². The van der Waals surface area contributed by atoms with Crippen LogP contribution in [0.15, 0.2) is 71.6 Å². The largest absolute Gasteiger partial charge is 0.497 e. The van der Waals surface area contributed by atoms with E-state index >= 15 is 0 Å². The summed E-state index contributed by atoms with van der Waals surface area (Å²) >= 11 is 0. The second-order valence-corrected chi connectivity index (χ2v) is 8.12. The maximum atomic E-state index is 5.53. The molecular formula is C24H27N7O2. The van der Waals surface area contributed by atoms with Crippen LogP contribution in [0.2, 0.25) is 0 Å². The van der Waals surface area contributed by atoms with Gasteiger partial charge in [0.1, 0.15) is 11.5 Å². The van der Waals surface area contributed by atoms with Gasteiger partial charge in [0.05, 0.1) is 32.5 Å². The molecule has 9 heteroatoms. The molecule has 1 saturated heterocycles. The van der Waals surface area contributed by atoms with Crippen molar-refractivity contribution < 1.29 is 9.15 Å². The van der Waals surface area contributed by atoms with Crippen molar-refractivity contribution in [2.24, 2.45) is 0 Å². The van der Waals surface area contributed by atoms with E-state index in [1.165, 1.54) is 0 Å². The van der Waals surface area contributed by atoms with E-state index in [-0.39, 0.29) is 6.04 Å². The van der Waals surface area contributed by atoms with Crippen LogP contribution in [0.5, 0.6) is 5.75 Å². The molecule has 5 rings (SSSR count). The maximum Gasteiger partial charge on any atom is 0.173 e. The minimum atomic E-state index is -0.0491. The molecule has 0 amide bonds. The highest BCUT2D eigenvalue weighted by Gasteiger charge is 2.30. The number of furan rings is 1. The first-order valence-electron chi connectivity index (χ1n) is 11.1. The number of aromatic nitrogens is 5. The van der Waals surface area contributed by atoms with Crippen LogP contribution in [0.3, 0.4) is 0 Å². The van der Waals surface area contributed by atoms with E-state index in [4.69, 9.17) is 9.15 Å². The molecule has 0 radical (unpaired) electrons. The van der Waals surface area contributed by atoms with Crippen LogP contribution in [0.4, 0.5) is 0 Å². The zero-order valence-electron chi connectivity index (χ0n) is 18.6. The quantitative estimate of drug-likeness (QED) is 0.409. The Morgan fingerprint density at radius 2 is 1.76 bits per heavy atom. The van der Waals surface area contributed by atoms with Gasteiger partial charge >= 0.3 is 0 Å². The number of nitrogens with zero attached hydrogens (tertiary/aromatic N) is 7. The van der Waals surface area contributed by atoms with Gasteiger partial charge in [-0.2, -0.15) is 0 Å². The summed E-state index contributed by atoms with van der Waals surface area (Å²) in [7, 11) is 1.67. The fraction of sp³-hybridized carbons (Fsp3) is 0.333. The first-order chi connectivity index (χ1) is 16.3. The predicted molar refractivity (Wildman–Crippen MR) is 122 cm³/mol. The summed E-state index contributed by atoms with van der Waals surface area (Å²) in [4.78, 5) is 9.07. The van der Waals surface area contributed by atoms with E-state index in [1.54, 1.807) is 13.4 Å². The van der Waals surface area contributed by atoms with Crippen molar-refractivity contribution in [3.05, 3.63) is 89.9 Å². The normalized spacial score (nSPS) is 16.0. The standard InChI is InChI=1S/C24H27N7O2/c1-32-21-6-4-19(5-7-21)17-31-24(26-27-28-31)23(20-8-10-25-11-9-20)30-14-12-29(13-15-30)18-22-3-2-16-33-22/h2-11,16,23H,12-15,17-18H2,1H3. The number of pyridine rings is 1. The summed E-state index contributed by atoms with van der Waals surface area (Å²) < 4.78 is 12.7. The van der Waals surface area contributed by atoms with Crippen LogP contribution in [0.25, 0.3) is 0 Å². The minimum absolute atomic E-state index is 0.0491. The minimum Gasteiger partial charge on any atom is -0.497 e. The predicted octanol–water partition coefficient (Wildman–Crippen LogP) is 2.63. The summed E-state index contributed by atoms with van der Waals surface area (Å²) in [5.41, 5.74) is 2.25. The summed E-state index contributed by atoms with van der Waals surface area (Å²) in [5, 5.41) is 12.8. The molecule has 0 spiro atoms. The molecule has 9 nitrogen and oxygen atoms in total. The van der Waals surface area contributed by atoms with E-state index in [1.807, 2.05) is 65.6 Å². The van der Waals surface area contributed by atoms with Crippen LogP contribution in [0.1, 0.15) is 28.8 Å². The molecule has 0 aliphatic carbocycles. The number of benzene rings is 1. The van der Waals surface area contributed by atoms with Gasteiger partial charge in [0.2, 0.25) is 0 Å². The highest BCUT2D eigenvalue weighted by Crippen LogP contribution is 2.28. The highest BCUT2D eigenvalue weighted by atomic mass is 16.5. The zero-order valence-corrected chi connectivity index (χ0v) is 18.6. The Morgan fingerprint density at radius 1 is 0.970 bits per heavy atom. The molecule has 1 unspecified atom stereocenters. The number of hydrogen-bond acceptors (Lipinski definition) is 8. The van der Waals surface area contributed by atoms with Crippen LogP contribution in [-0.4, -0.2) is 68.3 Å². The molecule has 1 aliphatic rings. The molecule has 0 N–H and O–H groups in total. The van der Waals surface area contributed by atoms with Gasteiger partial charge in [0, 0.05) is 38.6 Å². The maximum absolute atomic E-state index is 5.53. The van der Waals surface area contributed by atoms with E-state index in [9.17, 15) is 0 Å². The lowest BCUT2D eigenvalue weighted by Gasteiger charge is -2.38.